The third-order valence-corrected chi connectivity index (χ3v) is 5.07. The quantitative estimate of drug-likeness (QED) is 0.484. The monoisotopic (exact) mass is 395 g/mol. The van der Waals surface area contributed by atoms with Crippen molar-refractivity contribution in [1.82, 2.24) is 9.27 Å². The molecule has 1 aromatic carbocycles. The first-order valence-electron chi connectivity index (χ1n) is 7.44. The fraction of sp³-hybridized carbons (Fsp3) is 0.412. The largest absolute Gasteiger partial charge is 0.444 e. The number of ether oxygens (including phenoxy) is 1. The highest BCUT2D eigenvalue weighted by Gasteiger charge is 2.17. The maximum atomic E-state index is 6.08. The predicted octanol–water partition coefficient (Wildman–Crippen LogP) is 5.66. The Morgan fingerprint density at radius 3 is 2.52 bits per heavy atom. The minimum absolute atomic E-state index is 0.364. The second kappa shape index (κ2) is 7.45. The van der Waals surface area contributed by atoms with Crippen LogP contribution in [-0.4, -0.2) is 29.7 Å². The number of nitrogens with zero attached hydrogens (tertiary/aromatic N) is 3. The molecule has 0 saturated carbocycles. The molecule has 23 heavy (non-hydrogen) atoms. The summed E-state index contributed by atoms with van der Waals surface area (Å²) in [5, 5.41) is 0.792. The second-order valence-electron chi connectivity index (χ2n) is 6.04. The van der Waals surface area contributed by atoms with Crippen LogP contribution in [-0.2, 0) is 0 Å². The van der Waals surface area contributed by atoms with Crippen LogP contribution in [0, 0.1) is 13.8 Å². The first-order chi connectivity index (χ1) is 10.8. The Kier molecular flexibility index (Phi) is 5.81. The molecule has 0 fully saturated rings. The average Bonchev–Trinajstić information content (AvgIpc) is 2.82. The van der Waals surface area contributed by atoms with Crippen molar-refractivity contribution in [2.75, 3.05) is 14.1 Å². The molecule has 0 aliphatic carbocycles. The normalized spacial score (nSPS) is 11.5. The molecule has 1 aromatic heterocycles. The molecular formula is C17H22BrN3OS. The molecule has 2 rings (SSSR count). The van der Waals surface area contributed by atoms with Gasteiger partial charge in [-0.3, -0.25) is 0 Å². The zero-order valence-corrected chi connectivity index (χ0v) is 16.7. The molecule has 2 aromatic rings. The molecule has 1 heterocycles. The van der Waals surface area contributed by atoms with Gasteiger partial charge in [0.2, 0.25) is 5.06 Å². The van der Waals surface area contributed by atoms with E-state index in [0.29, 0.717) is 5.92 Å². The summed E-state index contributed by atoms with van der Waals surface area (Å²) in [6, 6.07) is 4.07. The highest BCUT2D eigenvalue weighted by Crippen LogP contribution is 2.40. The van der Waals surface area contributed by atoms with Crippen LogP contribution in [0.4, 0.5) is 5.69 Å². The summed E-state index contributed by atoms with van der Waals surface area (Å²) in [7, 11) is 3.91. The first-order valence-corrected chi connectivity index (χ1v) is 9.01. The van der Waals surface area contributed by atoms with Gasteiger partial charge in [0.05, 0.1) is 22.2 Å². The Balaban J connectivity index is 2.29. The molecule has 0 aliphatic rings. The first kappa shape index (κ1) is 17.9. The minimum Gasteiger partial charge on any atom is -0.444 e. The molecular weight excluding hydrogens is 374 g/mol. The molecule has 0 aliphatic heterocycles. The highest BCUT2D eigenvalue weighted by atomic mass is 79.9. The Morgan fingerprint density at radius 1 is 1.26 bits per heavy atom. The fourth-order valence-electron chi connectivity index (χ4n) is 2.00. The summed E-state index contributed by atoms with van der Waals surface area (Å²) in [5.41, 5.74) is 4.11. The van der Waals surface area contributed by atoms with E-state index in [2.05, 4.69) is 39.1 Å². The third-order valence-electron chi connectivity index (χ3n) is 3.30. The summed E-state index contributed by atoms with van der Waals surface area (Å²) in [6.07, 6.45) is 1.80. The Bertz CT molecular complexity index is 723. The van der Waals surface area contributed by atoms with Crippen molar-refractivity contribution in [3.05, 3.63) is 33.4 Å². The number of aromatic nitrogens is 1. The molecule has 4 nitrogen and oxygen atoms in total. The van der Waals surface area contributed by atoms with E-state index in [4.69, 9.17) is 4.74 Å². The summed E-state index contributed by atoms with van der Waals surface area (Å²) in [6.45, 7) is 8.31. The number of hydrogen-bond acceptors (Lipinski definition) is 4. The number of aliphatic imine (C=N–C) groups is 1. The van der Waals surface area contributed by atoms with Gasteiger partial charge in [-0.05, 0) is 59.0 Å². The van der Waals surface area contributed by atoms with Crippen molar-refractivity contribution in [3.63, 3.8) is 0 Å². The van der Waals surface area contributed by atoms with Crippen molar-refractivity contribution in [1.29, 1.82) is 0 Å². The highest BCUT2D eigenvalue weighted by molar-refractivity contribution is 9.10. The Labute approximate surface area is 150 Å². The lowest BCUT2D eigenvalue weighted by atomic mass is 10.1. The second-order valence-corrected chi connectivity index (χ2v) is 7.57. The van der Waals surface area contributed by atoms with Gasteiger partial charge < -0.3 is 9.64 Å². The lowest BCUT2D eigenvalue weighted by Crippen LogP contribution is -2.07. The van der Waals surface area contributed by atoms with Crippen molar-refractivity contribution >= 4 is 39.5 Å². The molecule has 0 bridgehead atoms. The molecule has 6 heteroatoms. The summed E-state index contributed by atoms with van der Waals surface area (Å²) < 4.78 is 11.5. The van der Waals surface area contributed by atoms with E-state index in [1.807, 2.05) is 45.0 Å². The summed E-state index contributed by atoms with van der Waals surface area (Å²) in [5.74, 6) is 1.20. The molecule has 0 unspecified atom stereocenters. The van der Waals surface area contributed by atoms with Crippen LogP contribution in [0.15, 0.2) is 21.6 Å². The molecule has 0 atom stereocenters. The van der Waals surface area contributed by atoms with Crippen molar-refractivity contribution in [3.8, 4) is 10.8 Å². The number of rotatable bonds is 5. The van der Waals surface area contributed by atoms with Gasteiger partial charge in [0.1, 0.15) is 5.75 Å². The van der Waals surface area contributed by atoms with Crippen LogP contribution in [0.25, 0.3) is 0 Å². The van der Waals surface area contributed by atoms with Crippen LogP contribution >= 0.6 is 27.5 Å². The standard InChI is InChI=1S/C17H22BrN3OS/c1-10(2)16-15(18)17(23-20-16)22-14-8-11(3)13(7-12(14)4)19-9-21(5)6/h7-10H,1-6H3. The van der Waals surface area contributed by atoms with E-state index in [0.717, 1.165) is 37.8 Å². The van der Waals surface area contributed by atoms with Gasteiger partial charge in [-0.15, -0.1) is 0 Å². The van der Waals surface area contributed by atoms with E-state index in [-0.39, 0.29) is 0 Å². The van der Waals surface area contributed by atoms with Crippen LogP contribution in [0.5, 0.6) is 10.8 Å². The van der Waals surface area contributed by atoms with Crippen molar-refractivity contribution < 1.29 is 4.74 Å². The lowest BCUT2D eigenvalue weighted by molar-refractivity contribution is 0.488. The van der Waals surface area contributed by atoms with Crippen molar-refractivity contribution in [2.24, 2.45) is 4.99 Å². The topological polar surface area (TPSA) is 37.7 Å². The van der Waals surface area contributed by atoms with Gasteiger partial charge in [-0.1, -0.05) is 13.8 Å². The van der Waals surface area contributed by atoms with E-state index >= 15 is 0 Å². The Hall–Kier alpha value is -1.40. The summed E-state index contributed by atoms with van der Waals surface area (Å²) >= 11 is 4.98. The van der Waals surface area contributed by atoms with Crippen LogP contribution in [0.3, 0.4) is 0 Å². The fourth-order valence-corrected chi connectivity index (χ4v) is 3.76. The number of benzene rings is 1. The van der Waals surface area contributed by atoms with Gasteiger partial charge in [-0.25, -0.2) is 4.99 Å². The Morgan fingerprint density at radius 2 is 1.96 bits per heavy atom. The van der Waals surface area contributed by atoms with Crippen LogP contribution in [0.1, 0.15) is 36.6 Å². The molecule has 0 radical (unpaired) electrons. The van der Waals surface area contributed by atoms with Crippen LogP contribution in [0.2, 0.25) is 0 Å². The van der Waals surface area contributed by atoms with Crippen LogP contribution < -0.4 is 4.74 Å². The smallest absolute Gasteiger partial charge is 0.214 e. The minimum atomic E-state index is 0.364. The van der Waals surface area contributed by atoms with Gasteiger partial charge in [0.15, 0.2) is 0 Å². The van der Waals surface area contributed by atoms with Crippen molar-refractivity contribution in [2.45, 2.75) is 33.6 Å². The zero-order valence-electron chi connectivity index (χ0n) is 14.3. The van der Waals surface area contributed by atoms with Gasteiger partial charge in [-0.2, -0.15) is 4.37 Å². The van der Waals surface area contributed by atoms with Gasteiger partial charge >= 0.3 is 0 Å². The lowest BCUT2D eigenvalue weighted by Gasteiger charge is -2.11. The van der Waals surface area contributed by atoms with E-state index < -0.39 is 0 Å². The maximum absolute atomic E-state index is 6.08. The number of hydrogen-bond donors (Lipinski definition) is 0. The number of aryl methyl sites for hydroxylation is 2. The average molecular weight is 396 g/mol. The SMILES string of the molecule is Cc1cc(Oc2snc(C(C)C)c2Br)c(C)cc1N=CN(C)C. The molecule has 0 spiro atoms. The van der Waals surface area contributed by atoms with E-state index in [9.17, 15) is 0 Å². The molecule has 0 amide bonds. The van der Waals surface area contributed by atoms with E-state index in [1.165, 1.54) is 11.5 Å². The molecule has 0 N–H and O–H groups in total. The summed E-state index contributed by atoms with van der Waals surface area (Å²) in [4.78, 5) is 6.40. The van der Waals surface area contributed by atoms with E-state index in [1.54, 1.807) is 6.34 Å². The third kappa shape index (κ3) is 4.32. The predicted molar refractivity (Wildman–Crippen MR) is 102 cm³/mol. The number of halogens is 1. The molecule has 0 saturated heterocycles. The van der Waals surface area contributed by atoms with Gasteiger partial charge in [0.25, 0.3) is 0 Å². The molecule has 124 valence electrons. The maximum Gasteiger partial charge on any atom is 0.214 e. The zero-order chi connectivity index (χ0) is 17.1. The van der Waals surface area contributed by atoms with Gasteiger partial charge in [0, 0.05) is 25.6 Å².